The van der Waals surface area contributed by atoms with Crippen LogP contribution >= 0.6 is 0 Å². The summed E-state index contributed by atoms with van der Waals surface area (Å²) in [4.78, 5) is 22.6. The van der Waals surface area contributed by atoms with Crippen molar-refractivity contribution in [3.05, 3.63) is 0 Å². The summed E-state index contributed by atoms with van der Waals surface area (Å²) in [6.07, 6.45) is -13.4. The number of ketones is 2. The summed E-state index contributed by atoms with van der Waals surface area (Å²) in [5.74, 6) is -3.11. The van der Waals surface area contributed by atoms with E-state index in [9.17, 15) is 19.8 Å². The highest BCUT2D eigenvalue weighted by Gasteiger charge is 2.35. The molecule has 0 aromatic heterocycles. The van der Waals surface area contributed by atoms with E-state index in [1.807, 2.05) is 0 Å². The van der Waals surface area contributed by atoms with Gasteiger partial charge in [0.25, 0.3) is 0 Å². The highest BCUT2D eigenvalue weighted by molar-refractivity contribution is 5.88. The van der Waals surface area contributed by atoms with Crippen molar-refractivity contribution in [1.29, 1.82) is 0 Å². The monoisotopic (exact) mass is 314 g/mol. The molecule has 0 fully saturated rings. The third-order valence-corrected chi connectivity index (χ3v) is 2.43. The topological polar surface area (TPSA) is 205 Å². The van der Waals surface area contributed by atoms with Crippen LogP contribution in [0.2, 0.25) is 0 Å². The van der Waals surface area contributed by atoms with Crippen molar-refractivity contribution in [2.45, 2.75) is 37.0 Å². The Morgan fingerprint density at radius 2 is 1.00 bits per heavy atom. The molecule has 0 aromatic rings. The Hall–Kier alpha value is -1.02. The lowest BCUT2D eigenvalue weighted by Crippen LogP contribution is -2.48. The van der Waals surface area contributed by atoms with Crippen molar-refractivity contribution < 1.29 is 55.2 Å². The first kappa shape index (κ1) is 20.0. The molecule has 124 valence electrons. The lowest BCUT2D eigenvalue weighted by atomic mass is 10.1. The first-order valence-electron chi connectivity index (χ1n) is 5.70. The smallest absolute Gasteiger partial charge is 0.221 e. The van der Waals surface area contributed by atoms with E-state index in [2.05, 4.69) is 4.74 Å². The Morgan fingerprint density at radius 3 is 1.24 bits per heavy atom. The van der Waals surface area contributed by atoms with Crippen LogP contribution in [-0.2, 0) is 14.3 Å². The highest BCUT2D eigenvalue weighted by atomic mass is 16.7. The molecular formula is C10H18O11. The number of rotatable bonds is 10. The van der Waals surface area contributed by atoms with Crippen LogP contribution in [0, 0.1) is 0 Å². The van der Waals surface area contributed by atoms with Gasteiger partial charge in [0, 0.05) is 0 Å². The van der Waals surface area contributed by atoms with Crippen LogP contribution in [0.5, 0.6) is 0 Å². The molecule has 0 amide bonds. The Morgan fingerprint density at radius 1 is 0.714 bits per heavy atom. The van der Waals surface area contributed by atoms with Crippen molar-refractivity contribution in [3.8, 4) is 0 Å². The Labute approximate surface area is 118 Å². The molecule has 8 N–H and O–H groups in total. The van der Waals surface area contributed by atoms with E-state index in [1.54, 1.807) is 0 Å². The van der Waals surface area contributed by atoms with Crippen LogP contribution in [0.15, 0.2) is 0 Å². The average Bonchev–Trinajstić information content (AvgIpc) is 2.49. The van der Waals surface area contributed by atoms with Crippen LogP contribution < -0.4 is 0 Å². The maximum absolute atomic E-state index is 11.3. The van der Waals surface area contributed by atoms with Crippen LogP contribution in [-0.4, -0.2) is 103 Å². The van der Waals surface area contributed by atoms with Crippen molar-refractivity contribution in [3.63, 3.8) is 0 Å². The molecule has 21 heavy (non-hydrogen) atoms. The van der Waals surface area contributed by atoms with E-state index < -0.39 is 61.8 Å². The number of carbonyl (C=O) groups is 2. The summed E-state index contributed by atoms with van der Waals surface area (Å²) < 4.78 is 4.11. The van der Waals surface area contributed by atoms with Gasteiger partial charge in [0.2, 0.25) is 24.1 Å². The number of aliphatic hydroxyl groups is 8. The van der Waals surface area contributed by atoms with E-state index >= 15 is 0 Å². The molecule has 0 aliphatic carbocycles. The van der Waals surface area contributed by atoms with Gasteiger partial charge in [-0.15, -0.1) is 0 Å². The Bertz CT molecular complexity index is 314. The van der Waals surface area contributed by atoms with Gasteiger partial charge in [-0.3, -0.25) is 9.59 Å². The molecule has 11 heteroatoms. The lowest BCUT2D eigenvalue weighted by Gasteiger charge is -2.22. The van der Waals surface area contributed by atoms with Gasteiger partial charge in [0.1, 0.15) is 24.4 Å². The fourth-order valence-corrected chi connectivity index (χ4v) is 1.13. The second-order valence-corrected chi connectivity index (χ2v) is 4.04. The minimum absolute atomic E-state index is 0.998. The number of Topliss-reactive ketones (excluding diaryl/α,β-unsaturated/α-hetero) is 2. The Kier molecular flexibility index (Phi) is 8.65. The molecule has 0 rings (SSSR count). The minimum atomic E-state index is -2.54. The van der Waals surface area contributed by atoms with Gasteiger partial charge in [-0.2, -0.15) is 0 Å². The van der Waals surface area contributed by atoms with E-state index in [4.69, 9.17) is 30.6 Å². The van der Waals surface area contributed by atoms with Gasteiger partial charge >= 0.3 is 0 Å². The first-order valence-corrected chi connectivity index (χ1v) is 5.70. The summed E-state index contributed by atoms with van der Waals surface area (Å²) in [5.41, 5.74) is 0. The van der Waals surface area contributed by atoms with Crippen molar-refractivity contribution in [2.75, 3.05) is 13.2 Å². The van der Waals surface area contributed by atoms with Gasteiger partial charge in [-0.05, 0) is 0 Å². The number of ether oxygens (including phenoxy) is 1. The fourth-order valence-electron chi connectivity index (χ4n) is 1.13. The third-order valence-electron chi connectivity index (χ3n) is 2.43. The third kappa shape index (κ3) is 5.70. The van der Waals surface area contributed by atoms with Crippen molar-refractivity contribution in [2.24, 2.45) is 0 Å². The predicted molar refractivity (Wildman–Crippen MR) is 61.3 cm³/mol. The highest BCUT2D eigenvalue weighted by Crippen LogP contribution is 2.06. The van der Waals surface area contributed by atoms with E-state index in [0.717, 1.165) is 0 Å². The van der Waals surface area contributed by atoms with Crippen LogP contribution in [0.4, 0.5) is 0 Å². The van der Waals surface area contributed by atoms with E-state index in [-0.39, 0.29) is 0 Å². The molecule has 0 bridgehead atoms. The SMILES string of the molecule is O=C(C(O)OC(O)C(=O)C(O)C(O)CO)C(O)C(O)CO. The largest absolute Gasteiger partial charge is 0.394 e. The molecule has 0 saturated heterocycles. The van der Waals surface area contributed by atoms with Gasteiger partial charge in [0.15, 0.2) is 0 Å². The number of aliphatic hydroxyl groups excluding tert-OH is 8. The van der Waals surface area contributed by atoms with Crippen molar-refractivity contribution >= 4 is 11.6 Å². The summed E-state index contributed by atoms with van der Waals surface area (Å²) >= 11 is 0. The average molecular weight is 314 g/mol. The quantitative estimate of drug-likeness (QED) is 0.178. The normalized spacial score (nSPS) is 20.2. The molecule has 11 nitrogen and oxygen atoms in total. The second-order valence-electron chi connectivity index (χ2n) is 4.04. The number of hydrogen-bond acceptors (Lipinski definition) is 11. The minimum Gasteiger partial charge on any atom is -0.394 e. The summed E-state index contributed by atoms with van der Waals surface area (Å²) in [6, 6.07) is 0. The zero-order valence-corrected chi connectivity index (χ0v) is 10.7. The molecule has 0 aliphatic rings. The molecule has 0 saturated carbocycles. The zero-order chi connectivity index (χ0) is 16.7. The fraction of sp³-hybridized carbons (Fsp3) is 0.800. The summed E-state index contributed by atoms with van der Waals surface area (Å²) in [7, 11) is 0. The summed E-state index contributed by atoms with van der Waals surface area (Å²) in [5, 5.41) is 71.6. The standard InChI is InChI=1S/C10H18O11/c11-1-3(13)5(15)7(17)9(19)21-10(20)8(18)6(16)4(14)2-12/h3-6,9-16,19-20H,1-2H2. The van der Waals surface area contributed by atoms with E-state index in [1.165, 1.54) is 0 Å². The Balaban J connectivity index is 4.60. The van der Waals surface area contributed by atoms with Crippen molar-refractivity contribution in [1.82, 2.24) is 0 Å². The number of hydrogen-bond donors (Lipinski definition) is 8. The molecule has 0 aliphatic heterocycles. The predicted octanol–water partition coefficient (Wildman–Crippen LogP) is -5.79. The lowest BCUT2D eigenvalue weighted by molar-refractivity contribution is -0.219. The molecule has 0 spiro atoms. The molecular weight excluding hydrogens is 296 g/mol. The van der Waals surface area contributed by atoms with Crippen LogP contribution in [0.3, 0.4) is 0 Å². The maximum atomic E-state index is 11.3. The molecule has 6 atom stereocenters. The van der Waals surface area contributed by atoms with Crippen LogP contribution in [0.25, 0.3) is 0 Å². The molecule has 6 unspecified atom stereocenters. The maximum Gasteiger partial charge on any atom is 0.221 e. The zero-order valence-electron chi connectivity index (χ0n) is 10.7. The van der Waals surface area contributed by atoms with Gasteiger partial charge < -0.3 is 45.6 Å². The van der Waals surface area contributed by atoms with Gasteiger partial charge in [-0.25, -0.2) is 0 Å². The van der Waals surface area contributed by atoms with Crippen LogP contribution in [0.1, 0.15) is 0 Å². The van der Waals surface area contributed by atoms with Gasteiger partial charge in [0.05, 0.1) is 13.2 Å². The molecule has 0 aromatic carbocycles. The van der Waals surface area contributed by atoms with E-state index in [0.29, 0.717) is 0 Å². The molecule has 0 radical (unpaired) electrons. The molecule has 0 heterocycles. The second kappa shape index (κ2) is 9.09. The summed E-state index contributed by atoms with van der Waals surface area (Å²) in [6.45, 7) is -2.00. The number of carbonyl (C=O) groups excluding carboxylic acids is 2. The first-order chi connectivity index (χ1) is 9.67. The van der Waals surface area contributed by atoms with Gasteiger partial charge in [-0.1, -0.05) is 0 Å².